The van der Waals surface area contributed by atoms with Gasteiger partial charge in [-0.2, -0.15) is 0 Å². The van der Waals surface area contributed by atoms with Crippen LogP contribution >= 0.6 is 28.6 Å². The highest BCUT2D eigenvalue weighted by molar-refractivity contribution is 9.10. The first-order chi connectivity index (χ1) is 7.58. The summed E-state index contributed by atoms with van der Waals surface area (Å²) >= 11 is 7.71. The molecule has 0 spiro atoms. The number of rotatable bonds is 1. The molecular weight excluding hydrogens is 286 g/mol. The van der Waals surface area contributed by atoms with E-state index in [9.17, 15) is 4.79 Å². The average molecular weight is 300 g/mol. The smallest absolute Gasteiger partial charge is 0.254 e. The average Bonchev–Trinajstić information content (AvgIpc) is 2.64. The van der Waals surface area contributed by atoms with Gasteiger partial charge < -0.3 is 4.90 Å². The van der Waals surface area contributed by atoms with Gasteiger partial charge in [0, 0.05) is 22.5 Å². The van der Waals surface area contributed by atoms with Crippen LogP contribution in [0.25, 0.3) is 0 Å². The minimum Gasteiger partial charge on any atom is -0.338 e. The molecule has 2 nitrogen and oxygen atoms in total. The monoisotopic (exact) mass is 299 g/mol. The zero-order valence-corrected chi connectivity index (χ0v) is 11.6. The molecule has 1 unspecified atom stereocenters. The maximum atomic E-state index is 12.2. The summed E-state index contributed by atoms with van der Waals surface area (Å²) in [4.78, 5) is 14.8. The summed E-state index contributed by atoms with van der Waals surface area (Å²) in [6.07, 6.45) is 1.10. The Hall–Kier alpha value is -0.480. The van der Waals surface area contributed by atoms with Crippen LogP contribution < -0.4 is 0 Å². The lowest BCUT2D eigenvalue weighted by molar-refractivity contribution is 0.0784. The van der Waals surface area contributed by atoms with Gasteiger partial charge in [-0.15, -0.1) is 12.6 Å². The molecule has 1 amide bonds. The highest BCUT2D eigenvalue weighted by atomic mass is 79.9. The summed E-state index contributed by atoms with van der Waals surface area (Å²) in [7, 11) is 0. The third-order valence-corrected chi connectivity index (χ3v) is 3.76. The van der Waals surface area contributed by atoms with Gasteiger partial charge in [0.2, 0.25) is 0 Å². The Bertz CT molecular complexity index is 421. The van der Waals surface area contributed by atoms with Crippen LogP contribution in [0, 0.1) is 5.92 Å². The van der Waals surface area contributed by atoms with Gasteiger partial charge in [0.05, 0.1) is 5.56 Å². The number of hydrogen-bond acceptors (Lipinski definition) is 2. The van der Waals surface area contributed by atoms with Gasteiger partial charge in [-0.25, -0.2) is 0 Å². The summed E-state index contributed by atoms with van der Waals surface area (Å²) < 4.78 is 0.948. The summed E-state index contributed by atoms with van der Waals surface area (Å²) in [6.45, 7) is 3.90. The quantitative estimate of drug-likeness (QED) is 0.790. The van der Waals surface area contributed by atoms with Gasteiger partial charge in [0.25, 0.3) is 5.91 Å². The van der Waals surface area contributed by atoms with E-state index in [0.29, 0.717) is 11.5 Å². The number of likely N-dealkylation sites (tertiary alicyclic amines) is 1. The van der Waals surface area contributed by atoms with Crippen LogP contribution in [0.4, 0.5) is 0 Å². The van der Waals surface area contributed by atoms with Crippen LogP contribution in [0.1, 0.15) is 23.7 Å². The molecular formula is C12H14BrNOS. The van der Waals surface area contributed by atoms with Crippen molar-refractivity contribution < 1.29 is 4.79 Å². The summed E-state index contributed by atoms with van der Waals surface area (Å²) in [5.41, 5.74) is 0.695. The third-order valence-electron chi connectivity index (χ3n) is 2.90. The predicted molar refractivity (Wildman–Crippen MR) is 71.1 cm³/mol. The first-order valence-electron chi connectivity index (χ1n) is 5.35. The number of nitrogens with zero attached hydrogens (tertiary/aromatic N) is 1. The number of benzene rings is 1. The number of carbonyl (C=O) groups is 1. The van der Waals surface area contributed by atoms with Crippen molar-refractivity contribution in [3.05, 3.63) is 28.2 Å². The van der Waals surface area contributed by atoms with E-state index in [0.717, 1.165) is 28.9 Å². The molecule has 1 saturated heterocycles. The van der Waals surface area contributed by atoms with Crippen LogP contribution in [0.2, 0.25) is 0 Å². The van der Waals surface area contributed by atoms with Crippen LogP contribution in [-0.2, 0) is 0 Å². The SMILES string of the molecule is CC1CCN(C(=O)c2ccc(Br)cc2S)C1. The second kappa shape index (κ2) is 4.80. The van der Waals surface area contributed by atoms with Crippen molar-refractivity contribution in [1.82, 2.24) is 4.90 Å². The van der Waals surface area contributed by atoms with Crippen molar-refractivity contribution in [2.75, 3.05) is 13.1 Å². The van der Waals surface area contributed by atoms with Crippen molar-refractivity contribution in [3.63, 3.8) is 0 Å². The topological polar surface area (TPSA) is 20.3 Å². The Morgan fingerprint density at radius 3 is 2.88 bits per heavy atom. The van der Waals surface area contributed by atoms with Crippen LogP contribution in [0.5, 0.6) is 0 Å². The van der Waals surface area contributed by atoms with Crippen molar-refractivity contribution in [3.8, 4) is 0 Å². The molecule has 0 aliphatic carbocycles. The minimum absolute atomic E-state index is 0.0989. The number of amides is 1. The molecule has 0 aromatic heterocycles. The number of carbonyl (C=O) groups excluding carboxylic acids is 1. The molecule has 1 heterocycles. The molecule has 2 rings (SSSR count). The molecule has 86 valence electrons. The van der Waals surface area contributed by atoms with E-state index in [4.69, 9.17) is 0 Å². The molecule has 0 radical (unpaired) electrons. The molecule has 1 fully saturated rings. The molecule has 1 aromatic carbocycles. The Labute approximate surface area is 110 Å². The van der Waals surface area contributed by atoms with Gasteiger partial charge in [0.1, 0.15) is 0 Å². The van der Waals surface area contributed by atoms with Crippen LogP contribution in [0.15, 0.2) is 27.6 Å². The molecule has 0 N–H and O–H groups in total. The maximum absolute atomic E-state index is 12.2. The predicted octanol–water partition coefficient (Wildman–Crippen LogP) is 3.22. The Morgan fingerprint density at radius 2 is 2.31 bits per heavy atom. The highest BCUT2D eigenvalue weighted by Crippen LogP contribution is 2.24. The zero-order valence-electron chi connectivity index (χ0n) is 9.11. The van der Waals surface area contributed by atoms with Gasteiger partial charge in [-0.05, 0) is 30.5 Å². The highest BCUT2D eigenvalue weighted by Gasteiger charge is 2.25. The van der Waals surface area contributed by atoms with E-state index in [1.807, 2.05) is 23.1 Å². The number of halogens is 1. The Kier molecular flexibility index (Phi) is 3.60. The molecule has 0 saturated carbocycles. The molecule has 1 aromatic rings. The van der Waals surface area contributed by atoms with Crippen LogP contribution in [-0.4, -0.2) is 23.9 Å². The lowest BCUT2D eigenvalue weighted by atomic mass is 10.2. The summed E-state index contributed by atoms with van der Waals surface area (Å²) in [5.74, 6) is 0.713. The first-order valence-corrected chi connectivity index (χ1v) is 6.59. The largest absolute Gasteiger partial charge is 0.338 e. The fourth-order valence-electron chi connectivity index (χ4n) is 1.98. The second-order valence-corrected chi connectivity index (χ2v) is 5.70. The molecule has 1 aliphatic rings. The molecule has 16 heavy (non-hydrogen) atoms. The van der Waals surface area contributed by atoms with Gasteiger partial charge in [0.15, 0.2) is 0 Å². The van der Waals surface area contributed by atoms with Gasteiger partial charge in [-0.3, -0.25) is 4.79 Å². The second-order valence-electron chi connectivity index (χ2n) is 4.31. The fraction of sp³-hybridized carbons (Fsp3) is 0.417. The van der Waals surface area contributed by atoms with E-state index in [1.165, 1.54) is 0 Å². The molecule has 1 atom stereocenters. The van der Waals surface area contributed by atoms with E-state index in [1.54, 1.807) is 0 Å². The first kappa shape index (κ1) is 12.0. The number of thiol groups is 1. The Balaban J connectivity index is 2.21. The maximum Gasteiger partial charge on any atom is 0.254 e. The summed E-state index contributed by atoms with van der Waals surface area (Å²) in [6, 6.07) is 5.57. The normalized spacial score (nSPS) is 20.2. The van der Waals surface area contributed by atoms with Gasteiger partial charge in [-0.1, -0.05) is 22.9 Å². The van der Waals surface area contributed by atoms with E-state index in [-0.39, 0.29) is 5.91 Å². The van der Waals surface area contributed by atoms with Crippen molar-refractivity contribution in [2.24, 2.45) is 5.92 Å². The summed E-state index contributed by atoms with van der Waals surface area (Å²) in [5, 5.41) is 0. The minimum atomic E-state index is 0.0989. The molecule has 4 heteroatoms. The lowest BCUT2D eigenvalue weighted by Gasteiger charge is -2.17. The van der Waals surface area contributed by atoms with E-state index >= 15 is 0 Å². The van der Waals surface area contributed by atoms with Crippen molar-refractivity contribution in [2.45, 2.75) is 18.2 Å². The fourth-order valence-corrected chi connectivity index (χ4v) is 2.82. The zero-order chi connectivity index (χ0) is 11.7. The van der Waals surface area contributed by atoms with E-state index < -0.39 is 0 Å². The standard InChI is InChI=1S/C12H14BrNOS/c1-8-4-5-14(7-8)12(15)10-3-2-9(13)6-11(10)16/h2-3,6,8,16H,4-5,7H2,1H3. The van der Waals surface area contributed by atoms with E-state index in [2.05, 4.69) is 35.5 Å². The van der Waals surface area contributed by atoms with Gasteiger partial charge >= 0.3 is 0 Å². The molecule has 1 aliphatic heterocycles. The Morgan fingerprint density at radius 1 is 1.56 bits per heavy atom. The third kappa shape index (κ3) is 2.43. The van der Waals surface area contributed by atoms with Crippen LogP contribution in [0.3, 0.4) is 0 Å². The number of hydrogen-bond donors (Lipinski definition) is 1. The van der Waals surface area contributed by atoms with Crippen molar-refractivity contribution >= 4 is 34.5 Å². The molecule has 0 bridgehead atoms. The lowest BCUT2D eigenvalue weighted by Crippen LogP contribution is -2.28. The van der Waals surface area contributed by atoms with Crippen molar-refractivity contribution in [1.29, 1.82) is 0 Å².